The maximum atomic E-state index is 12.4. The summed E-state index contributed by atoms with van der Waals surface area (Å²) in [7, 11) is 0. The SMILES string of the molecule is C[C@]12CC[C@@H]3c4ccc(OC5CCCC5)cc4CC[C@H]3[C@@H]1C=CC2=O. The first-order valence-electron chi connectivity index (χ1n) is 10.2. The Hall–Kier alpha value is -1.57. The zero-order chi connectivity index (χ0) is 17.0. The first kappa shape index (κ1) is 15.7. The molecule has 4 aliphatic carbocycles. The summed E-state index contributed by atoms with van der Waals surface area (Å²) in [5, 5.41) is 0. The molecule has 0 aliphatic heterocycles. The molecule has 1 aromatic carbocycles. The van der Waals surface area contributed by atoms with Crippen molar-refractivity contribution in [2.45, 2.75) is 70.3 Å². The van der Waals surface area contributed by atoms with E-state index in [1.165, 1.54) is 43.2 Å². The van der Waals surface area contributed by atoms with Gasteiger partial charge in [-0.15, -0.1) is 0 Å². The maximum absolute atomic E-state index is 12.4. The van der Waals surface area contributed by atoms with Crippen molar-refractivity contribution in [1.82, 2.24) is 0 Å². The number of allylic oxidation sites excluding steroid dienone is 2. The van der Waals surface area contributed by atoms with Crippen LogP contribution in [0.2, 0.25) is 0 Å². The molecule has 0 saturated heterocycles. The number of carbonyl (C=O) groups is 1. The van der Waals surface area contributed by atoms with Gasteiger partial charge in [0.15, 0.2) is 5.78 Å². The number of fused-ring (bicyclic) bond motifs is 5. The number of benzene rings is 1. The number of rotatable bonds is 2. The number of carbonyl (C=O) groups excluding carboxylic acids is 1. The van der Waals surface area contributed by atoms with Crippen molar-refractivity contribution in [2.75, 3.05) is 0 Å². The predicted molar refractivity (Wildman–Crippen MR) is 98.9 cm³/mol. The Morgan fingerprint density at radius 3 is 2.80 bits per heavy atom. The lowest BCUT2D eigenvalue weighted by Gasteiger charge is -2.48. The second-order valence-electron chi connectivity index (χ2n) is 8.90. The smallest absolute Gasteiger partial charge is 0.161 e. The average Bonchev–Trinajstić information content (AvgIpc) is 3.23. The van der Waals surface area contributed by atoms with Crippen molar-refractivity contribution in [3.05, 3.63) is 41.5 Å². The summed E-state index contributed by atoms with van der Waals surface area (Å²) in [5.74, 6) is 3.14. The van der Waals surface area contributed by atoms with Crippen molar-refractivity contribution in [2.24, 2.45) is 17.3 Å². The number of ether oxygens (including phenoxy) is 1. The molecule has 0 bridgehead atoms. The second-order valence-corrected chi connectivity index (χ2v) is 8.90. The standard InChI is InChI=1S/C23H28O2/c1-23-13-12-19-18-9-7-17(25-16-4-2-3-5-16)14-15(18)6-8-20(19)21(23)10-11-22(23)24/h7,9-11,14,16,19-21H,2-6,8,12-13H2,1H3/t19-,20-,21+,23+/m1/s1. The van der Waals surface area contributed by atoms with Gasteiger partial charge in [0.1, 0.15) is 5.75 Å². The van der Waals surface area contributed by atoms with Gasteiger partial charge < -0.3 is 4.74 Å². The van der Waals surface area contributed by atoms with Gasteiger partial charge >= 0.3 is 0 Å². The van der Waals surface area contributed by atoms with E-state index in [0.717, 1.165) is 25.0 Å². The zero-order valence-electron chi connectivity index (χ0n) is 15.2. The van der Waals surface area contributed by atoms with E-state index in [0.29, 0.717) is 29.6 Å². The van der Waals surface area contributed by atoms with Crippen molar-refractivity contribution in [3.63, 3.8) is 0 Å². The number of ketones is 1. The van der Waals surface area contributed by atoms with Crippen molar-refractivity contribution >= 4 is 5.78 Å². The van der Waals surface area contributed by atoms with Crippen molar-refractivity contribution < 1.29 is 9.53 Å². The van der Waals surface area contributed by atoms with Crippen molar-refractivity contribution in [1.29, 1.82) is 0 Å². The molecule has 0 spiro atoms. The Kier molecular flexibility index (Phi) is 3.59. The summed E-state index contributed by atoms with van der Waals surface area (Å²) in [6.45, 7) is 2.20. The van der Waals surface area contributed by atoms with Gasteiger partial charge in [-0.2, -0.15) is 0 Å². The van der Waals surface area contributed by atoms with Crippen LogP contribution in [0.5, 0.6) is 5.75 Å². The lowest BCUT2D eigenvalue weighted by Crippen LogP contribution is -2.42. The van der Waals surface area contributed by atoms with Gasteiger partial charge in [-0.25, -0.2) is 0 Å². The van der Waals surface area contributed by atoms with Crippen LogP contribution in [0.1, 0.15) is 68.9 Å². The Morgan fingerprint density at radius 2 is 1.96 bits per heavy atom. The molecule has 1 aromatic rings. The van der Waals surface area contributed by atoms with Crippen LogP contribution in [0, 0.1) is 17.3 Å². The molecule has 5 rings (SSSR count). The molecule has 2 heteroatoms. The third kappa shape index (κ3) is 2.40. The molecule has 0 unspecified atom stereocenters. The highest BCUT2D eigenvalue weighted by Crippen LogP contribution is 2.57. The molecule has 4 atom stereocenters. The lowest BCUT2D eigenvalue weighted by molar-refractivity contribution is -0.126. The molecule has 2 saturated carbocycles. The van der Waals surface area contributed by atoms with E-state index in [2.05, 4.69) is 31.2 Å². The fourth-order valence-electron chi connectivity index (χ4n) is 6.10. The molecule has 25 heavy (non-hydrogen) atoms. The first-order valence-corrected chi connectivity index (χ1v) is 10.2. The Morgan fingerprint density at radius 1 is 1.12 bits per heavy atom. The normalized spacial score (nSPS) is 36.8. The first-order chi connectivity index (χ1) is 12.1. The maximum Gasteiger partial charge on any atom is 0.161 e. The minimum Gasteiger partial charge on any atom is -0.490 e. The van der Waals surface area contributed by atoms with Crippen LogP contribution in [0.15, 0.2) is 30.4 Å². The lowest BCUT2D eigenvalue weighted by atomic mass is 9.55. The summed E-state index contributed by atoms with van der Waals surface area (Å²) >= 11 is 0. The second kappa shape index (κ2) is 5.72. The molecule has 0 aromatic heterocycles. The Bertz CT molecular complexity index is 728. The quantitative estimate of drug-likeness (QED) is 0.741. The topological polar surface area (TPSA) is 26.3 Å². The van der Waals surface area contributed by atoms with E-state index >= 15 is 0 Å². The molecule has 0 heterocycles. The third-order valence-corrected chi connectivity index (χ3v) is 7.57. The molecule has 4 aliphatic rings. The Labute approximate surface area is 150 Å². The van der Waals surface area contributed by atoms with Gasteiger partial charge in [-0.3, -0.25) is 4.79 Å². The van der Waals surface area contributed by atoms with Gasteiger partial charge in [0, 0.05) is 5.41 Å². The Balaban J connectivity index is 1.40. The summed E-state index contributed by atoms with van der Waals surface area (Å²) in [6.07, 6.45) is 14.1. The highest BCUT2D eigenvalue weighted by molar-refractivity contribution is 5.97. The molecule has 0 amide bonds. The van der Waals surface area contributed by atoms with E-state index in [9.17, 15) is 4.79 Å². The van der Waals surface area contributed by atoms with Crippen LogP contribution in [-0.4, -0.2) is 11.9 Å². The summed E-state index contributed by atoms with van der Waals surface area (Å²) < 4.78 is 6.22. The predicted octanol–water partition coefficient (Wildman–Crippen LogP) is 5.21. The highest BCUT2D eigenvalue weighted by Gasteiger charge is 2.52. The molecule has 0 N–H and O–H groups in total. The molecule has 132 valence electrons. The minimum absolute atomic E-state index is 0.121. The molecular formula is C23H28O2. The summed E-state index contributed by atoms with van der Waals surface area (Å²) in [6, 6.07) is 6.84. The fraction of sp³-hybridized carbons (Fsp3) is 0.609. The van der Waals surface area contributed by atoms with Gasteiger partial charge in [0.25, 0.3) is 0 Å². The number of hydrogen-bond acceptors (Lipinski definition) is 2. The van der Waals surface area contributed by atoms with Gasteiger partial charge in [0.05, 0.1) is 6.10 Å². The molecule has 0 radical (unpaired) electrons. The third-order valence-electron chi connectivity index (χ3n) is 7.57. The van der Waals surface area contributed by atoms with Crippen LogP contribution >= 0.6 is 0 Å². The van der Waals surface area contributed by atoms with Crippen LogP contribution < -0.4 is 4.74 Å². The summed E-state index contributed by atoms with van der Waals surface area (Å²) in [5.41, 5.74) is 2.91. The van der Waals surface area contributed by atoms with Gasteiger partial charge in [-0.1, -0.05) is 19.1 Å². The van der Waals surface area contributed by atoms with Crippen LogP contribution in [0.3, 0.4) is 0 Å². The van der Waals surface area contributed by atoms with Crippen LogP contribution in [0.25, 0.3) is 0 Å². The van der Waals surface area contributed by atoms with Crippen LogP contribution in [0.4, 0.5) is 0 Å². The van der Waals surface area contributed by atoms with E-state index in [1.807, 2.05) is 6.08 Å². The van der Waals surface area contributed by atoms with Crippen LogP contribution in [-0.2, 0) is 11.2 Å². The largest absolute Gasteiger partial charge is 0.490 e. The van der Waals surface area contributed by atoms with E-state index in [-0.39, 0.29) is 5.41 Å². The van der Waals surface area contributed by atoms with E-state index < -0.39 is 0 Å². The highest BCUT2D eigenvalue weighted by atomic mass is 16.5. The average molecular weight is 336 g/mol. The monoisotopic (exact) mass is 336 g/mol. The fourth-order valence-corrected chi connectivity index (χ4v) is 6.10. The molecule has 2 nitrogen and oxygen atoms in total. The van der Waals surface area contributed by atoms with Crippen molar-refractivity contribution in [3.8, 4) is 5.75 Å². The minimum atomic E-state index is -0.121. The molecule has 2 fully saturated rings. The summed E-state index contributed by atoms with van der Waals surface area (Å²) in [4.78, 5) is 12.4. The zero-order valence-corrected chi connectivity index (χ0v) is 15.2. The van der Waals surface area contributed by atoms with E-state index in [1.54, 1.807) is 0 Å². The van der Waals surface area contributed by atoms with Gasteiger partial charge in [-0.05, 0) is 98.5 Å². The van der Waals surface area contributed by atoms with Gasteiger partial charge in [0.2, 0.25) is 0 Å². The number of aryl methyl sites for hydroxylation is 1. The molecular weight excluding hydrogens is 308 g/mol. The number of hydrogen-bond donors (Lipinski definition) is 0. The van der Waals surface area contributed by atoms with E-state index in [4.69, 9.17) is 4.74 Å².